The number of halogens is 1. The number of phenolic OH excluding ortho intramolecular Hbond substituents is 1. The van der Waals surface area contributed by atoms with Crippen LogP contribution in [0.15, 0.2) is 39.5 Å². The van der Waals surface area contributed by atoms with E-state index >= 15 is 0 Å². The van der Waals surface area contributed by atoms with Crippen LogP contribution < -0.4 is 0 Å². The molecule has 0 aliphatic carbocycles. The van der Waals surface area contributed by atoms with Crippen LogP contribution in [0.2, 0.25) is 0 Å². The third kappa shape index (κ3) is 6.29. The summed E-state index contributed by atoms with van der Waals surface area (Å²) < 4.78 is 11.4. The molecule has 0 aliphatic rings. The Hall–Kier alpha value is -0.260. The van der Waals surface area contributed by atoms with Crippen LogP contribution in [0.1, 0.15) is 6.42 Å². The van der Waals surface area contributed by atoms with E-state index in [2.05, 4.69) is 15.9 Å². The Labute approximate surface area is 112 Å². The second-order valence-corrected chi connectivity index (χ2v) is 6.75. The summed E-state index contributed by atoms with van der Waals surface area (Å²) in [4.78, 5) is 17.9. The van der Waals surface area contributed by atoms with Crippen molar-refractivity contribution in [2.75, 3.05) is 5.75 Å². The van der Waals surface area contributed by atoms with Gasteiger partial charge in [-0.2, -0.15) is 0 Å². The number of hydrogen-bond acceptors (Lipinski definition) is 3. The van der Waals surface area contributed by atoms with Crippen molar-refractivity contribution < 1.29 is 19.5 Å². The second kappa shape index (κ2) is 6.61. The number of allylic oxidation sites excluding steroid dienone is 1. The molecule has 0 atom stereocenters. The fourth-order valence-corrected chi connectivity index (χ4v) is 2.89. The Morgan fingerprint density at radius 2 is 2.12 bits per heavy atom. The first-order chi connectivity index (χ1) is 7.88. The maximum Gasteiger partial charge on any atom is 0.348 e. The third-order valence-electron chi connectivity index (χ3n) is 1.76. The van der Waals surface area contributed by atoms with Crippen molar-refractivity contribution in [2.45, 2.75) is 11.3 Å². The molecule has 17 heavy (non-hydrogen) atoms. The zero-order valence-corrected chi connectivity index (χ0v) is 12.1. The Balaban J connectivity index is 2.44. The van der Waals surface area contributed by atoms with Crippen LogP contribution in [0.5, 0.6) is 5.75 Å². The SMILES string of the molecule is O=P(O)(O)/C=C/CCSc1cc(Br)ccc1O. The number of benzene rings is 1. The van der Waals surface area contributed by atoms with E-state index in [4.69, 9.17) is 9.79 Å². The van der Waals surface area contributed by atoms with Gasteiger partial charge in [0, 0.05) is 16.0 Å². The van der Waals surface area contributed by atoms with Crippen LogP contribution in [0.25, 0.3) is 0 Å². The van der Waals surface area contributed by atoms with Crippen molar-refractivity contribution in [1.82, 2.24) is 0 Å². The molecule has 3 N–H and O–H groups in total. The standard InChI is InChI=1S/C10H12BrO4PS/c11-8-3-4-9(12)10(7-8)17-6-2-1-5-16(13,14)15/h1,3-5,7,12H,2,6H2,(H2,13,14,15)/b5-1+. The van der Waals surface area contributed by atoms with Crippen molar-refractivity contribution in [1.29, 1.82) is 0 Å². The predicted molar refractivity (Wildman–Crippen MR) is 72.3 cm³/mol. The van der Waals surface area contributed by atoms with E-state index in [9.17, 15) is 9.67 Å². The number of thioether (sulfide) groups is 1. The minimum atomic E-state index is -4.04. The third-order valence-corrected chi connectivity index (χ3v) is 3.93. The minimum Gasteiger partial charge on any atom is -0.507 e. The van der Waals surface area contributed by atoms with Crippen molar-refractivity contribution in [3.8, 4) is 5.75 Å². The first-order valence-corrected chi connectivity index (χ1v) is 8.19. The summed E-state index contributed by atoms with van der Waals surface area (Å²) in [6.45, 7) is 0. The molecule has 1 aromatic carbocycles. The van der Waals surface area contributed by atoms with Gasteiger partial charge in [-0.1, -0.05) is 22.0 Å². The smallest absolute Gasteiger partial charge is 0.348 e. The lowest BCUT2D eigenvalue weighted by atomic mass is 10.3. The largest absolute Gasteiger partial charge is 0.507 e. The van der Waals surface area contributed by atoms with E-state index in [0.29, 0.717) is 12.2 Å². The molecule has 0 amide bonds. The molecule has 0 aliphatic heterocycles. The van der Waals surface area contributed by atoms with Gasteiger partial charge in [-0.15, -0.1) is 11.8 Å². The second-order valence-electron chi connectivity index (χ2n) is 3.22. The van der Waals surface area contributed by atoms with Crippen LogP contribution in [-0.2, 0) is 4.57 Å². The zero-order chi connectivity index (χ0) is 12.9. The average Bonchev–Trinajstić information content (AvgIpc) is 2.21. The van der Waals surface area contributed by atoms with Gasteiger partial charge in [-0.25, -0.2) is 0 Å². The van der Waals surface area contributed by atoms with Crippen LogP contribution >= 0.6 is 35.3 Å². The molecule has 1 aromatic rings. The fraction of sp³-hybridized carbons (Fsp3) is 0.200. The molecule has 7 heteroatoms. The highest BCUT2D eigenvalue weighted by Crippen LogP contribution is 2.36. The number of hydrogen-bond donors (Lipinski definition) is 3. The van der Waals surface area contributed by atoms with Crippen molar-refractivity contribution in [3.63, 3.8) is 0 Å². The Bertz CT molecular complexity index is 458. The molecule has 0 aromatic heterocycles. The molecule has 0 unspecified atom stereocenters. The fourth-order valence-electron chi connectivity index (χ4n) is 1.05. The molecule has 0 saturated heterocycles. The van der Waals surface area contributed by atoms with Crippen molar-refractivity contribution in [3.05, 3.63) is 34.6 Å². The molecule has 94 valence electrons. The zero-order valence-electron chi connectivity index (χ0n) is 8.78. The van der Waals surface area contributed by atoms with Crippen LogP contribution in [0.4, 0.5) is 0 Å². The molecule has 0 saturated carbocycles. The summed E-state index contributed by atoms with van der Waals surface area (Å²) in [6, 6.07) is 5.14. The summed E-state index contributed by atoms with van der Waals surface area (Å²) in [7, 11) is -4.04. The van der Waals surface area contributed by atoms with Gasteiger partial charge in [0.1, 0.15) is 5.75 Å². The predicted octanol–water partition coefficient (Wildman–Crippen LogP) is 3.33. The Morgan fingerprint density at radius 3 is 2.76 bits per heavy atom. The van der Waals surface area contributed by atoms with Gasteiger partial charge in [0.2, 0.25) is 0 Å². The quantitative estimate of drug-likeness (QED) is 0.436. The van der Waals surface area contributed by atoms with E-state index in [-0.39, 0.29) is 5.75 Å². The van der Waals surface area contributed by atoms with Crippen molar-refractivity contribution in [2.24, 2.45) is 0 Å². The van der Waals surface area contributed by atoms with E-state index in [0.717, 1.165) is 15.2 Å². The Kier molecular flexibility index (Phi) is 5.76. The lowest BCUT2D eigenvalue weighted by Crippen LogP contribution is -1.79. The summed E-state index contributed by atoms with van der Waals surface area (Å²) in [6.07, 6.45) is 1.98. The summed E-state index contributed by atoms with van der Waals surface area (Å²) in [5, 5.41) is 9.54. The van der Waals surface area contributed by atoms with Gasteiger partial charge in [-0.3, -0.25) is 4.57 Å². The van der Waals surface area contributed by atoms with Gasteiger partial charge < -0.3 is 14.9 Å². The highest BCUT2D eigenvalue weighted by molar-refractivity contribution is 9.10. The molecule has 0 heterocycles. The highest BCUT2D eigenvalue weighted by Gasteiger charge is 2.05. The minimum absolute atomic E-state index is 0.206. The monoisotopic (exact) mass is 338 g/mol. The van der Waals surface area contributed by atoms with E-state index in [1.54, 1.807) is 18.2 Å². The van der Waals surface area contributed by atoms with Crippen LogP contribution in [0.3, 0.4) is 0 Å². The topological polar surface area (TPSA) is 77.8 Å². The van der Waals surface area contributed by atoms with Gasteiger partial charge in [0.05, 0.1) is 4.90 Å². The molecule has 0 fully saturated rings. The maximum atomic E-state index is 10.5. The number of rotatable bonds is 5. The highest BCUT2D eigenvalue weighted by atomic mass is 79.9. The van der Waals surface area contributed by atoms with E-state index < -0.39 is 7.60 Å². The number of phenols is 1. The van der Waals surface area contributed by atoms with Crippen molar-refractivity contribution >= 4 is 35.3 Å². The summed E-state index contributed by atoms with van der Waals surface area (Å²) in [5.41, 5.74) is 0. The summed E-state index contributed by atoms with van der Waals surface area (Å²) >= 11 is 4.73. The number of aromatic hydroxyl groups is 1. The van der Waals surface area contributed by atoms with E-state index in [1.165, 1.54) is 17.8 Å². The van der Waals surface area contributed by atoms with Crippen LogP contribution in [0, 0.1) is 0 Å². The first-order valence-electron chi connectivity index (χ1n) is 4.73. The lowest BCUT2D eigenvalue weighted by molar-refractivity contribution is 0.386. The van der Waals surface area contributed by atoms with E-state index in [1.807, 2.05) is 0 Å². The molecule has 4 nitrogen and oxygen atoms in total. The van der Waals surface area contributed by atoms with Gasteiger partial charge in [0.15, 0.2) is 0 Å². The Morgan fingerprint density at radius 1 is 1.41 bits per heavy atom. The maximum absolute atomic E-state index is 10.5. The van der Waals surface area contributed by atoms with Gasteiger partial charge >= 0.3 is 7.60 Å². The average molecular weight is 339 g/mol. The normalized spacial score (nSPS) is 12.2. The van der Waals surface area contributed by atoms with Gasteiger partial charge in [0.25, 0.3) is 0 Å². The first kappa shape index (κ1) is 14.8. The molecule has 0 bridgehead atoms. The molecular formula is C10H12BrO4PS. The molecule has 1 rings (SSSR count). The molecule has 0 spiro atoms. The molecule has 0 radical (unpaired) electrons. The molecular weight excluding hydrogens is 327 g/mol. The summed E-state index contributed by atoms with van der Waals surface area (Å²) in [5.74, 6) is 1.74. The lowest BCUT2D eigenvalue weighted by Gasteiger charge is -2.03. The van der Waals surface area contributed by atoms with Gasteiger partial charge in [-0.05, 0) is 24.6 Å². The van der Waals surface area contributed by atoms with Crippen LogP contribution in [-0.4, -0.2) is 20.6 Å².